The van der Waals surface area contributed by atoms with Crippen LogP contribution in [0.15, 0.2) is 23.0 Å². The number of nitrogens with one attached hydrogen (secondary N) is 1. The molecule has 20 heavy (non-hydrogen) atoms. The summed E-state index contributed by atoms with van der Waals surface area (Å²) < 4.78 is 1.94. The molecule has 1 aromatic carbocycles. The fraction of sp³-hybridized carbons (Fsp3) is 0.400. The van der Waals surface area contributed by atoms with Crippen LogP contribution in [0.3, 0.4) is 0 Å². The Morgan fingerprint density at radius 3 is 2.95 bits per heavy atom. The lowest BCUT2D eigenvalue weighted by Crippen LogP contribution is -2.12. The maximum absolute atomic E-state index is 12.1. The fourth-order valence-corrected chi connectivity index (χ4v) is 2.70. The van der Waals surface area contributed by atoms with E-state index in [1.54, 1.807) is 0 Å². The molecular weight excluding hydrogens is 252 g/mol. The number of H-pyrrole nitrogens is 1. The van der Waals surface area contributed by atoms with Crippen LogP contribution in [-0.4, -0.2) is 19.6 Å². The smallest absolute Gasteiger partial charge is 0.294 e. The second-order valence-electron chi connectivity index (χ2n) is 5.58. The lowest BCUT2D eigenvalue weighted by Gasteiger charge is -2.06. The molecule has 0 amide bonds. The topological polar surface area (TPSA) is 63.0 Å². The number of hydrogen-bond donors (Lipinski definition) is 1. The van der Waals surface area contributed by atoms with E-state index >= 15 is 0 Å². The van der Waals surface area contributed by atoms with Gasteiger partial charge in [-0.25, -0.2) is 0 Å². The lowest BCUT2D eigenvalue weighted by molar-refractivity contribution is 0.762. The summed E-state index contributed by atoms with van der Waals surface area (Å²) in [4.78, 5) is 15.0. The molecule has 5 heteroatoms. The average molecular weight is 268 g/mol. The molecule has 1 aliphatic carbocycles. The Balaban J connectivity index is 2.07. The van der Waals surface area contributed by atoms with Crippen LogP contribution in [0.25, 0.3) is 16.7 Å². The number of aryl methyl sites for hydroxylation is 1. The molecule has 0 spiro atoms. The number of rotatable bonds is 3. The summed E-state index contributed by atoms with van der Waals surface area (Å²) in [6.07, 6.45) is 4.40. The first-order chi connectivity index (χ1) is 9.76. The Hall–Kier alpha value is -2.17. The molecule has 102 valence electrons. The summed E-state index contributed by atoms with van der Waals surface area (Å²) in [5.41, 5.74) is 3.32. The highest BCUT2D eigenvalue weighted by atomic mass is 16.1. The molecule has 0 radical (unpaired) electrons. The first-order valence-electron chi connectivity index (χ1n) is 7.15. The molecule has 3 aromatic rings. The molecule has 2 heterocycles. The Bertz CT molecular complexity index is 857. The van der Waals surface area contributed by atoms with Gasteiger partial charge in [-0.15, -0.1) is 10.2 Å². The van der Waals surface area contributed by atoms with E-state index < -0.39 is 0 Å². The molecule has 1 aliphatic rings. The van der Waals surface area contributed by atoms with E-state index in [0.29, 0.717) is 11.6 Å². The number of aromatic amines is 1. The van der Waals surface area contributed by atoms with Gasteiger partial charge in [0.2, 0.25) is 5.65 Å². The molecule has 1 fully saturated rings. The monoisotopic (exact) mass is 268 g/mol. The van der Waals surface area contributed by atoms with Gasteiger partial charge in [-0.2, -0.15) is 0 Å². The van der Waals surface area contributed by atoms with Gasteiger partial charge in [0.1, 0.15) is 5.82 Å². The van der Waals surface area contributed by atoms with Gasteiger partial charge in [-0.3, -0.25) is 9.20 Å². The Labute approximate surface area is 115 Å². The first kappa shape index (κ1) is 11.6. The second kappa shape index (κ2) is 4.16. The van der Waals surface area contributed by atoms with Gasteiger partial charge >= 0.3 is 0 Å². The molecule has 0 unspecified atom stereocenters. The maximum Gasteiger partial charge on any atom is 0.294 e. The van der Waals surface area contributed by atoms with E-state index in [4.69, 9.17) is 0 Å². The van der Waals surface area contributed by atoms with Gasteiger partial charge in [0, 0.05) is 6.42 Å². The number of nitrogens with zero attached hydrogens (tertiary/aromatic N) is 3. The standard InChI is InChI=1S/C15H16N4O/c1-2-9-5-6-11-12(7-9)19-13(8-10-3-4-10)17-18-14(19)15(20)16-11/h5-7,10H,2-4,8H2,1H3,(H,16,20). The molecule has 0 aliphatic heterocycles. The lowest BCUT2D eigenvalue weighted by atomic mass is 10.1. The molecule has 0 atom stereocenters. The minimum absolute atomic E-state index is 0.170. The third-order valence-corrected chi connectivity index (χ3v) is 4.06. The minimum Gasteiger partial charge on any atom is -0.317 e. The summed E-state index contributed by atoms with van der Waals surface area (Å²) in [7, 11) is 0. The molecule has 4 rings (SSSR count). The van der Waals surface area contributed by atoms with Crippen molar-refractivity contribution in [3.05, 3.63) is 39.9 Å². The van der Waals surface area contributed by atoms with Crippen LogP contribution in [0.4, 0.5) is 0 Å². The van der Waals surface area contributed by atoms with E-state index in [1.807, 2.05) is 10.5 Å². The summed E-state index contributed by atoms with van der Waals surface area (Å²) in [6, 6.07) is 6.14. The molecular formula is C15H16N4O. The Kier molecular flexibility index (Phi) is 2.42. The van der Waals surface area contributed by atoms with Gasteiger partial charge in [0.05, 0.1) is 11.0 Å². The van der Waals surface area contributed by atoms with Crippen molar-refractivity contribution >= 4 is 16.7 Å². The molecule has 5 nitrogen and oxygen atoms in total. The summed E-state index contributed by atoms with van der Waals surface area (Å²) >= 11 is 0. The van der Waals surface area contributed by atoms with Crippen LogP contribution >= 0.6 is 0 Å². The van der Waals surface area contributed by atoms with Gasteiger partial charge in [-0.1, -0.05) is 13.0 Å². The van der Waals surface area contributed by atoms with Crippen molar-refractivity contribution in [3.63, 3.8) is 0 Å². The zero-order chi connectivity index (χ0) is 13.7. The zero-order valence-corrected chi connectivity index (χ0v) is 11.4. The number of fused-ring (bicyclic) bond motifs is 3. The molecule has 0 saturated heterocycles. The fourth-order valence-electron chi connectivity index (χ4n) is 2.70. The highest BCUT2D eigenvalue weighted by molar-refractivity contribution is 5.78. The Morgan fingerprint density at radius 1 is 1.35 bits per heavy atom. The Morgan fingerprint density at radius 2 is 2.20 bits per heavy atom. The van der Waals surface area contributed by atoms with Crippen LogP contribution in [-0.2, 0) is 12.8 Å². The summed E-state index contributed by atoms with van der Waals surface area (Å²) in [6.45, 7) is 2.13. The largest absolute Gasteiger partial charge is 0.317 e. The predicted molar refractivity (Wildman–Crippen MR) is 76.9 cm³/mol. The van der Waals surface area contributed by atoms with Gasteiger partial charge in [0.25, 0.3) is 5.56 Å². The first-order valence-corrected chi connectivity index (χ1v) is 7.15. The van der Waals surface area contributed by atoms with E-state index in [9.17, 15) is 4.79 Å². The number of hydrogen-bond acceptors (Lipinski definition) is 3. The van der Waals surface area contributed by atoms with Crippen molar-refractivity contribution in [1.82, 2.24) is 19.6 Å². The molecule has 0 bridgehead atoms. The van der Waals surface area contributed by atoms with Crippen molar-refractivity contribution < 1.29 is 0 Å². The van der Waals surface area contributed by atoms with E-state index in [2.05, 4.69) is 34.2 Å². The number of benzene rings is 1. The SMILES string of the molecule is CCc1ccc2[nH]c(=O)c3nnc(CC4CC4)n3c2c1. The third kappa shape index (κ3) is 1.73. The van der Waals surface area contributed by atoms with Crippen molar-refractivity contribution in [2.45, 2.75) is 32.6 Å². The van der Waals surface area contributed by atoms with Crippen molar-refractivity contribution in [3.8, 4) is 0 Å². The highest BCUT2D eigenvalue weighted by Crippen LogP contribution is 2.32. The quantitative estimate of drug-likeness (QED) is 0.791. The summed E-state index contributed by atoms with van der Waals surface area (Å²) in [5.74, 6) is 1.62. The zero-order valence-electron chi connectivity index (χ0n) is 11.4. The maximum atomic E-state index is 12.1. The average Bonchev–Trinajstić information content (AvgIpc) is 3.17. The van der Waals surface area contributed by atoms with Crippen LogP contribution in [0.5, 0.6) is 0 Å². The molecule has 1 saturated carbocycles. The predicted octanol–water partition coefficient (Wildman–Crippen LogP) is 2.09. The van der Waals surface area contributed by atoms with E-state index in [-0.39, 0.29) is 5.56 Å². The normalized spacial score (nSPS) is 15.2. The van der Waals surface area contributed by atoms with Crippen LogP contribution < -0.4 is 5.56 Å². The summed E-state index contributed by atoms with van der Waals surface area (Å²) in [5, 5.41) is 8.31. The number of aromatic nitrogens is 4. The van der Waals surface area contributed by atoms with Crippen LogP contribution in [0.2, 0.25) is 0 Å². The van der Waals surface area contributed by atoms with Crippen molar-refractivity contribution in [1.29, 1.82) is 0 Å². The molecule has 1 N–H and O–H groups in total. The van der Waals surface area contributed by atoms with E-state index in [0.717, 1.165) is 29.7 Å². The minimum atomic E-state index is -0.170. The van der Waals surface area contributed by atoms with Gasteiger partial charge in [0.15, 0.2) is 0 Å². The van der Waals surface area contributed by atoms with Gasteiger partial charge < -0.3 is 4.98 Å². The molecule has 2 aromatic heterocycles. The third-order valence-electron chi connectivity index (χ3n) is 4.06. The van der Waals surface area contributed by atoms with Crippen molar-refractivity contribution in [2.75, 3.05) is 0 Å². The van der Waals surface area contributed by atoms with Gasteiger partial charge in [-0.05, 0) is 42.9 Å². The second-order valence-corrected chi connectivity index (χ2v) is 5.58. The van der Waals surface area contributed by atoms with Crippen molar-refractivity contribution in [2.24, 2.45) is 5.92 Å². The van der Waals surface area contributed by atoms with Crippen LogP contribution in [0, 0.1) is 5.92 Å². The van der Waals surface area contributed by atoms with Crippen LogP contribution in [0.1, 0.15) is 31.2 Å². The van der Waals surface area contributed by atoms with E-state index in [1.165, 1.54) is 18.4 Å². The highest BCUT2D eigenvalue weighted by Gasteiger charge is 2.25.